The third-order valence-electron chi connectivity index (χ3n) is 1.60. The first-order valence-corrected chi connectivity index (χ1v) is 4.63. The van der Waals surface area contributed by atoms with Crippen molar-refractivity contribution in [3.8, 4) is 0 Å². The Bertz CT molecular complexity index is 260. The van der Waals surface area contributed by atoms with Gasteiger partial charge in [0.1, 0.15) is 6.23 Å². The van der Waals surface area contributed by atoms with Crippen molar-refractivity contribution < 1.29 is 5.11 Å². The zero-order valence-corrected chi connectivity index (χ0v) is 7.50. The molecule has 0 aromatic carbocycles. The second-order valence-electron chi connectivity index (χ2n) is 2.21. The first kappa shape index (κ1) is 6.79. The average Bonchev–Trinajstić information content (AvgIpc) is 2.41. The van der Waals surface area contributed by atoms with Gasteiger partial charge in [-0.15, -0.1) is 11.3 Å². The van der Waals surface area contributed by atoms with E-state index in [1.165, 1.54) is 5.56 Å². The lowest BCUT2D eigenvalue weighted by atomic mass is 10.3. The van der Waals surface area contributed by atoms with Crippen LogP contribution in [0.1, 0.15) is 16.7 Å². The van der Waals surface area contributed by atoms with Gasteiger partial charge in [0.15, 0.2) is 0 Å². The van der Waals surface area contributed by atoms with Gasteiger partial charge in [-0.05, 0) is 21.5 Å². The topological polar surface area (TPSA) is 32.3 Å². The Morgan fingerprint density at radius 1 is 1.80 bits per heavy atom. The summed E-state index contributed by atoms with van der Waals surface area (Å²) in [7, 11) is 0. The van der Waals surface area contributed by atoms with Gasteiger partial charge in [-0.25, -0.2) is 0 Å². The van der Waals surface area contributed by atoms with Crippen molar-refractivity contribution in [3.63, 3.8) is 0 Å². The molecule has 0 spiro atoms. The molecule has 0 bridgehead atoms. The fraction of sp³-hybridized carbons (Fsp3) is 0.333. The van der Waals surface area contributed by atoms with Gasteiger partial charge >= 0.3 is 0 Å². The van der Waals surface area contributed by atoms with Crippen LogP contribution in [0.15, 0.2) is 9.85 Å². The van der Waals surface area contributed by atoms with Gasteiger partial charge in [0.25, 0.3) is 0 Å². The van der Waals surface area contributed by atoms with Crippen LogP contribution in [0.25, 0.3) is 0 Å². The van der Waals surface area contributed by atoms with E-state index in [9.17, 15) is 5.11 Å². The molecular formula is C6H6BrNOS. The molecule has 1 aromatic rings. The van der Waals surface area contributed by atoms with Gasteiger partial charge in [0.2, 0.25) is 0 Å². The highest BCUT2D eigenvalue weighted by Crippen LogP contribution is 2.35. The van der Waals surface area contributed by atoms with Crippen LogP contribution in [-0.2, 0) is 6.54 Å². The summed E-state index contributed by atoms with van der Waals surface area (Å²) in [5, 5.41) is 14.2. The number of hydrogen-bond donors (Lipinski definition) is 2. The number of aliphatic hydroxyl groups is 1. The van der Waals surface area contributed by atoms with Crippen LogP contribution < -0.4 is 5.32 Å². The molecular weight excluding hydrogens is 214 g/mol. The van der Waals surface area contributed by atoms with Crippen LogP contribution in [0, 0.1) is 0 Å². The Labute approximate surface area is 71.0 Å². The molecule has 0 aliphatic carbocycles. The highest BCUT2D eigenvalue weighted by molar-refractivity contribution is 9.10. The third kappa shape index (κ3) is 0.836. The second kappa shape index (κ2) is 2.30. The van der Waals surface area contributed by atoms with Crippen molar-refractivity contribution in [1.82, 2.24) is 5.32 Å². The number of halogens is 1. The molecule has 0 saturated carbocycles. The quantitative estimate of drug-likeness (QED) is 0.696. The highest BCUT2D eigenvalue weighted by atomic mass is 79.9. The normalized spacial score (nSPS) is 23.2. The van der Waals surface area contributed by atoms with E-state index >= 15 is 0 Å². The minimum absolute atomic E-state index is 0.439. The first-order valence-electron chi connectivity index (χ1n) is 2.96. The lowest BCUT2D eigenvalue weighted by molar-refractivity contribution is 0.154. The summed E-state index contributed by atoms with van der Waals surface area (Å²) in [5.74, 6) is 0. The number of hydrogen-bond acceptors (Lipinski definition) is 3. The Kier molecular flexibility index (Phi) is 1.56. The summed E-state index contributed by atoms with van der Waals surface area (Å²) in [4.78, 5) is 1.05. The number of thiophene rings is 1. The van der Waals surface area contributed by atoms with Crippen LogP contribution in [0.5, 0.6) is 0 Å². The molecule has 0 amide bonds. The van der Waals surface area contributed by atoms with Crippen LogP contribution >= 0.6 is 27.3 Å². The maximum atomic E-state index is 9.27. The van der Waals surface area contributed by atoms with E-state index in [-0.39, 0.29) is 0 Å². The molecule has 2 N–H and O–H groups in total. The van der Waals surface area contributed by atoms with Gasteiger partial charge in [-0.1, -0.05) is 0 Å². The molecule has 10 heavy (non-hydrogen) atoms. The van der Waals surface area contributed by atoms with Crippen molar-refractivity contribution in [3.05, 3.63) is 20.3 Å². The average molecular weight is 220 g/mol. The Hall–Kier alpha value is 0.1000. The predicted molar refractivity (Wildman–Crippen MR) is 43.8 cm³/mol. The maximum absolute atomic E-state index is 9.27. The van der Waals surface area contributed by atoms with E-state index in [1.54, 1.807) is 11.3 Å². The van der Waals surface area contributed by atoms with Crippen molar-refractivity contribution in [2.75, 3.05) is 0 Å². The number of nitrogens with one attached hydrogen (secondary N) is 1. The molecule has 0 radical (unpaired) electrons. The molecule has 1 aliphatic rings. The zero-order valence-electron chi connectivity index (χ0n) is 5.10. The van der Waals surface area contributed by atoms with Gasteiger partial charge in [-0.3, -0.25) is 5.32 Å². The van der Waals surface area contributed by atoms with Crippen LogP contribution in [0.4, 0.5) is 0 Å². The fourth-order valence-corrected chi connectivity index (χ4v) is 2.74. The molecule has 1 atom stereocenters. The molecule has 0 fully saturated rings. The van der Waals surface area contributed by atoms with Crippen molar-refractivity contribution in [2.24, 2.45) is 0 Å². The van der Waals surface area contributed by atoms with Gasteiger partial charge in [0, 0.05) is 16.4 Å². The SMILES string of the molecule is OC1NCc2c(Br)csc21. The lowest BCUT2D eigenvalue weighted by Gasteiger charge is -1.97. The van der Waals surface area contributed by atoms with E-state index < -0.39 is 6.23 Å². The molecule has 1 unspecified atom stereocenters. The van der Waals surface area contributed by atoms with Gasteiger partial charge in [-0.2, -0.15) is 0 Å². The zero-order chi connectivity index (χ0) is 7.14. The lowest BCUT2D eigenvalue weighted by Crippen LogP contribution is -2.09. The summed E-state index contributed by atoms with van der Waals surface area (Å²) < 4.78 is 1.11. The van der Waals surface area contributed by atoms with E-state index in [0.717, 1.165) is 15.9 Å². The summed E-state index contributed by atoms with van der Waals surface area (Å²) in [6.45, 7) is 0.778. The van der Waals surface area contributed by atoms with Crippen molar-refractivity contribution in [1.29, 1.82) is 0 Å². The second-order valence-corrected chi connectivity index (χ2v) is 3.98. The number of fused-ring (bicyclic) bond motifs is 1. The molecule has 1 aromatic heterocycles. The maximum Gasteiger partial charge on any atom is 0.140 e. The minimum Gasteiger partial charge on any atom is -0.373 e. The summed E-state index contributed by atoms with van der Waals surface area (Å²) in [6.07, 6.45) is -0.439. The Balaban J connectivity index is 2.53. The molecule has 2 rings (SSSR count). The van der Waals surface area contributed by atoms with Crippen LogP contribution in [0.2, 0.25) is 0 Å². The molecule has 0 saturated heterocycles. The molecule has 2 heterocycles. The molecule has 2 nitrogen and oxygen atoms in total. The van der Waals surface area contributed by atoms with Crippen molar-refractivity contribution >= 4 is 27.3 Å². The summed E-state index contributed by atoms with van der Waals surface area (Å²) in [5.41, 5.74) is 1.21. The van der Waals surface area contributed by atoms with E-state index in [4.69, 9.17) is 0 Å². The molecule has 54 valence electrons. The predicted octanol–water partition coefficient (Wildman–Crippen LogP) is 1.60. The fourth-order valence-electron chi connectivity index (χ4n) is 1.07. The Morgan fingerprint density at radius 2 is 2.60 bits per heavy atom. The minimum atomic E-state index is -0.439. The smallest absolute Gasteiger partial charge is 0.140 e. The van der Waals surface area contributed by atoms with Crippen LogP contribution in [-0.4, -0.2) is 5.11 Å². The summed E-state index contributed by atoms with van der Waals surface area (Å²) >= 11 is 4.99. The van der Waals surface area contributed by atoms with Crippen LogP contribution in [0.3, 0.4) is 0 Å². The largest absolute Gasteiger partial charge is 0.373 e. The monoisotopic (exact) mass is 219 g/mol. The number of rotatable bonds is 0. The van der Waals surface area contributed by atoms with E-state index in [2.05, 4.69) is 21.2 Å². The highest BCUT2D eigenvalue weighted by Gasteiger charge is 2.22. The van der Waals surface area contributed by atoms with Gasteiger partial charge in [0.05, 0.1) is 4.88 Å². The van der Waals surface area contributed by atoms with E-state index in [1.807, 2.05) is 5.38 Å². The molecule has 1 aliphatic heterocycles. The third-order valence-corrected chi connectivity index (χ3v) is 3.68. The molecule has 4 heteroatoms. The number of aliphatic hydroxyl groups excluding tert-OH is 1. The Morgan fingerprint density at radius 3 is 3.30 bits per heavy atom. The van der Waals surface area contributed by atoms with Gasteiger partial charge < -0.3 is 5.11 Å². The standard InChI is InChI=1S/C6H6BrNOS/c7-4-2-10-5-3(4)1-8-6(5)9/h2,6,8-9H,1H2. The first-order chi connectivity index (χ1) is 4.79. The van der Waals surface area contributed by atoms with E-state index in [0.29, 0.717) is 0 Å². The summed E-state index contributed by atoms with van der Waals surface area (Å²) in [6, 6.07) is 0. The van der Waals surface area contributed by atoms with Crippen molar-refractivity contribution in [2.45, 2.75) is 12.8 Å².